The number of ketones is 1. The highest BCUT2D eigenvalue weighted by molar-refractivity contribution is 7.80. The summed E-state index contributed by atoms with van der Waals surface area (Å²) < 4.78 is 21.3. The van der Waals surface area contributed by atoms with Gasteiger partial charge in [0.05, 0.1) is 10.3 Å². The van der Waals surface area contributed by atoms with Crippen molar-refractivity contribution in [1.82, 2.24) is 0 Å². The number of aliphatic hydroxyl groups excluding tert-OH is 1. The lowest BCUT2D eigenvalue weighted by Crippen LogP contribution is -2.69. The van der Waals surface area contributed by atoms with Gasteiger partial charge in [-0.15, -0.1) is 23.2 Å². The summed E-state index contributed by atoms with van der Waals surface area (Å²) in [5.74, 6) is -1.66. The number of alkyl halides is 3. The van der Waals surface area contributed by atoms with Crippen LogP contribution in [-0.4, -0.2) is 43.9 Å². The van der Waals surface area contributed by atoms with Crippen molar-refractivity contribution in [3.63, 3.8) is 0 Å². The molecule has 0 aromatic heterocycles. The maximum atomic E-state index is 15.5. The van der Waals surface area contributed by atoms with E-state index in [1.54, 1.807) is 6.08 Å². The molecule has 1 N–H and O–H groups in total. The van der Waals surface area contributed by atoms with E-state index in [0.717, 1.165) is 0 Å². The van der Waals surface area contributed by atoms with Crippen LogP contribution in [-0.2, 0) is 14.3 Å². The molecular formula is C23H27Cl2FO4S. The number of allylic oxidation sites excluding steroid dienone is 4. The molecule has 0 aromatic carbocycles. The van der Waals surface area contributed by atoms with Crippen LogP contribution in [0, 0.1) is 28.6 Å². The Labute approximate surface area is 197 Å². The van der Waals surface area contributed by atoms with Gasteiger partial charge in [0.2, 0.25) is 5.05 Å². The summed E-state index contributed by atoms with van der Waals surface area (Å²) in [7, 11) is 0. The second kappa shape index (κ2) is 7.01. The third kappa shape index (κ3) is 2.67. The van der Waals surface area contributed by atoms with Crippen LogP contribution in [0.1, 0.15) is 47.0 Å². The lowest BCUT2D eigenvalue weighted by Gasteiger charge is -2.64. The summed E-state index contributed by atoms with van der Waals surface area (Å²) in [6, 6.07) is 0. The number of fused-ring (bicyclic) bond motifs is 5. The molecule has 3 saturated carbocycles. The van der Waals surface area contributed by atoms with Crippen LogP contribution in [0.25, 0.3) is 0 Å². The number of carbonyl (C=O) groups excluding carboxylic acids is 2. The van der Waals surface area contributed by atoms with Crippen LogP contribution in [0.2, 0.25) is 0 Å². The third-order valence-corrected chi connectivity index (χ3v) is 10.6. The Morgan fingerprint density at radius 1 is 1.32 bits per heavy atom. The smallest absolute Gasteiger partial charge is 0.303 e. The highest BCUT2D eigenvalue weighted by Gasteiger charge is 2.76. The number of esters is 1. The number of hydrogen-bond donors (Lipinski definition) is 1. The first-order chi connectivity index (χ1) is 14.3. The Bertz CT molecular complexity index is 937. The van der Waals surface area contributed by atoms with Crippen molar-refractivity contribution in [2.24, 2.45) is 28.6 Å². The van der Waals surface area contributed by atoms with E-state index >= 15 is 4.39 Å². The third-order valence-electron chi connectivity index (χ3n) is 8.75. The fraction of sp³-hybridized carbons (Fsp3) is 0.696. The van der Waals surface area contributed by atoms with Gasteiger partial charge >= 0.3 is 5.97 Å². The largest absolute Gasteiger partial charge is 0.499 e. The molecule has 4 aliphatic carbocycles. The van der Waals surface area contributed by atoms with E-state index in [1.807, 2.05) is 20.8 Å². The number of rotatable bonds is 2. The molecule has 4 aliphatic rings. The first-order valence-electron chi connectivity index (χ1n) is 10.6. The van der Waals surface area contributed by atoms with Gasteiger partial charge in [0, 0.05) is 23.7 Å². The molecule has 0 bridgehead atoms. The topological polar surface area (TPSA) is 63.6 Å². The van der Waals surface area contributed by atoms with Crippen LogP contribution in [0.4, 0.5) is 4.39 Å². The van der Waals surface area contributed by atoms with Gasteiger partial charge in [-0.1, -0.05) is 26.8 Å². The van der Waals surface area contributed by atoms with Crippen LogP contribution in [0.3, 0.4) is 0 Å². The zero-order valence-corrected chi connectivity index (χ0v) is 20.3. The SMILES string of the molecule is CC(=O)O[C@]1(C(O)=S)[C@H](C)C[C@H]2[C@@H]3C[C@H](F)C4=CC(=O)C=C[C@]4(C)[C@@]3(Cl)[C@@H](Cl)C[C@@]21C. The van der Waals surface area contributed by atoms with E-state index in [-0.39, 0.29) is 35.0 Å². The van der Waals surface area contributed by atoms with Crippen LogP contribution < -0.4 is 0 Å². The second-order valence-corrected chi connectivity index (χ2v) is 11.6. The molecule has 8 heteroatoms. The second-order valence-electron chi connectivity index (χ2n) is 10.1. The molecule has 0 radical (unpaired) electrons. The van der Waals surface area contributed by atoms with Crippen LogP contribution in [0.5, 0.6) is 0 Å². The van der Waals surface area contributed by atoms with E-state index < -0.39 is 38.8 Å². The van der Waals surface area contributed by atoms with Crippen molar-refractivity contribution in [3.8, 4) is 0 Å². The van der Waals surface area contributed by atoms with Gasteiger partial charge in [0.15, 0.2) is 11.4 Å². The maximum Gasteiger partial charge on any atom is 0.303 e. The average molecular weight is 489 g/mol. The van der Waals surface area contributed by atoms with Gasteiger partial charge in [0.1, 0.15) is 6.17 Å². The highest BCUT2D eigenvalue weighted by Crippen LogP contribution is 2.73. The van der Waals surface area contributed by atoms with Crippen molar-refractivity contribution in [2.75, 3.05) is 0 Å². The molecule has 4 nitrogen and oxygen atoms in total. The first kappa shape index (κ1) is 23.2. The van der Waals surface area contributed by atoms with Gasteiger partial charge in [0.25, 0.3) is 0 Å². The molecule has 0 heterocycles. The van der Waals surface area contributed by atoms with Gasteiger partial charge in [-0.3, -0.25) is 9.59 Å². The minimum Gasteiger partial charge on any atom is -0.499 e. The Kier molecular flexibility index (Phi) is 5.24. The van der Waals surface area contributed by atoms with Gasteiger partial charge in [-0.05, 0) is 61.0 Å². The number of hydrogen-bond acceptors (Lipinski definition) is 4. The predicted octanol–water partition coefficient (Wildman–Crippen LogP) is 5.25. The predicted molar refractivity (Wildman–Crippen MR) is 121 cm³/mol. The van der Waals surface area contributed by atoms with E-state index in [9.17, 15) is 14.7 Å². The summed E-state index contributed by atoms with van der Waals surface area (Å²) >= 11 is 19.7. The fourth-order valence-electron chi connectivity index (χ4n) is 7.40. The Morgan fingerprint density at radius 3 is 2.55 bits per heavy atom. The average Bonchev–Trinajstić information content (AvgIpc) is 2.87. The molecule has 170 valence electrons. The summed E-state index contributed by atoms with van der Waals surface area (Å²) in [4.78, 5) is 23.0. The Balaban J connectivity index is 1.89. The lowest BCUT2D eigenvalue weighted by atomic mass is 9.46. The lowest BCUT2D eigenvalue weighted by molar-refractivity contribution is -0.171. The quantitative estimate of drug-likeness (QED) is 0.326. The fourth-order valence-corrected chi connectivity index (χ4v) is 9.08. The van der Waals surface area contributed by atoms with Crippen molar-refractivity contribution in [1.29, 1.82) is 0 Å². The first-order valence-corrected chi connectivity index (χ1v) is 11.8. The number of ether oxygens (including phenoxy) is 1. The molecule has 0 unspecified atom stereocenters. The molecule has 0 amide bonds. The van der Waals surface area contributed by atoms with Crippen molar-refractivity contribution in [3.05, 3.63) is 23.8 Å². The van der Waals surface area contributed by atoms with Crippen molar-refractivity contribution in [2.45, 2.75) is 69.0 Å². The van der Waals surface area contributed by atoms with Crippen LogP contribution >= 0.6 is 35.4 Å². The zero-order valence-electron chi connectivity index (χ0n) is 18.0. The monoisotopic (exact) mass is 488 g/mol. The molecule has 3 fully saturated rings. The standard InChI is InChI=1S/C23H27Cl2FO4S/c1-11-7-14-15-9-17(26)16-8-13(28)5-6-20(16,3)22(15,25)18(24)10-21(14,4)23(11,19(29)31)30-12(2)27/h5-6,8,11,14-15,17-18H,7,9-10H2,1-4H3,(H,29,31)/t11-,14+,15+,17+,18+,20+,21+,22+,23+/m1/s1. The number of thiocarbonyl (C=S) groups is 1. The molecule has 0 aliphatic heterocycles. The van der Waals surface area contributed by atoms with Crippen LogP contribution in [0.15, 0.2) is 23.8 Å². The maximum absolute atomic E-state index is 15.5. The van der Waals surface area contributed by atoms with Crippen molar-refractivity contribution < 1.29 is 23.8 Å². The molecule has 9 atom stereocenters. The molecular weight excluding hydrogens is 462 g/mol. The number of halogens is 3. The van der Waals surface area contributed by atoms with E-state index in [2.05, 4.69) is 0 Å². The zero-order chi connectivity index (χ0) is 23.1. The van der Waals surface area contributed by atoms with E-state index in [4.69, 9.17) is 40.2 Å². The van der Waals surface area contributed by atoms with Gasteiger partial charge in [-0.2, -0.15) is 0 Å². The highest BCUT2D eigenvalue weighted by atomic mass is 35.5. The summed E-state index contributed by atoms with van der Waals surface area (Å²) in [5, 5.41) is 9.61. The number of carbonyl (C=O) groups is 2. The molecule has 4 rings (SSSR count). The summed E-state index contributed by atoms with van der Waals surface area (Å²) in [5.41, 5.74) is -2.78. The Hall–Kier alpha value is -0.980. The molecule has 0 saturated heterocycles. The van der Waals surface area contributed by atoms with Crippen molar-refractivity contribution >= 4 is 52.2 Å². The summed E-state index contributed by atoms with van der Waals surface area (Å²) in [6.45, 7) is 6.94. The molecule has 0 spiro atoms. The van der Waals surface area contributed by atoms with Gasteiger partial charge < -0.3 is 9.84 Å². The minimum atomic E-state index is -1.40. The molecule has 31 heavy (non-hydrogen) atoms. The normalized spacial score (nSPS) is 50.7. The Morgan fingerprint density at radius 2 is 1.97 bits per heavy atom. The summed E-state index contributed by atoms with van der Waals surface area (Å²) in [6.07, 6.45) is 4.12. The molecule has 0 aromatic rings. The van der Waals surface area contributed by atoms with E-state index in [1.165, 1.54) is 19.1 Å². The van der Waals surface area contributed by atoms with Gasteiger partial charge in [-0.25, -0.2) is 4.39 Å². The van der Waals surface area contributed by atoms with E-state index in [0.29, 0.717) is 18.4 Å². The minimum absolute atomic E-state index is 0.108. The number of aliphatic hydroxyl groups is 1.